The lowest BCUT2D eigenvalue weighted by Gasteiger charge is -2.11. The number of nitrogens with two attached hydrogens (primary N) is 1. The molecule has 108 valence electrons. The molecule has 1 heterocycles. The molecule has 2 rings (SSSR count). The van der Waals surface area contributed by atoms with Crippen molar-refractivity contribution in [2.75, 3.05) is 0 Å². The van der Waals surface area contributed by atoms with E-state index in [-0.39, 0.29) is 6.04 Å². The minimum atomic E-state index is 0.0953. The third-order valence-corrected chi connectivity index (χ3v) is 4.42. The Labute approximate surface area is 128 Å². The van der Waals surface area contributed by atoms with E-state index in [2.05, 4.69) is 28.0 Å². The van der Waals surface area contributed by atoms with Crippen molar-refractivity contribution in [2.24, 2.45) is 12.8 Å². The lowest BCUT2D eigenvalue weighted by molar-refractivity contribution is 0.294. The van der Waals surface area contributed by atoms with Crippen molar-refractivity contribution in [2.45, 2.75) is 32.9 Å². The van der Waals surface area contributed by atoms with Gasteiger partial charge in [-0.15, -0.1) is 0 Å². The van der Waals surface area contributed by atoms with Gasteiger partial charge in [-0.3, -0.25) is 4.68 Å². The monoisotopic (exact) mass is 337 g/mol. The fourth-order valence-electron chi connectivity index (χ4n) is 2.04. The molecular formula is C15H20BrN3O. The zero-order valence-corrected chi connectivity index (χ0v) is 13.6. The van der Waals surface area contributed by atoms with Gasteiger partial charge in [0.2, 0.25) is 0 Å². The maximum absolute atomic E-state index is 5.99. The molecule has 0 radical (unpaired) electrons. The number of halogens is 1. The summed E-state index contributed by atoms with van der Waals surface area (Å²) in [6.07, 6.45) is 0.932. The number of ether oxygens (including phenoxy) is 1. The molecular weight excluding hydrogens is 318 g/mol. The Balaban J connectivity index is 2.04. The zero-order chi connectivity index (χ0) is 14.7. The first-order valence-corrected chi connectivity index (χ1v) is 7.48. The highest BCUT2D eigenvalue weighted by Gasteiger charge is 2.11. The Morgan fingerprint density at radius 1 is 1.35 bits per heavy atom. The molecule has 1 atom stereocenters. The second kappa shape index (κ2) is 6.41. The maximum atomic E-state index is 5.99. The number of rotatable bonds is 5. The van der Waals surface area contributed by atoms with E-state index in [0.717, 1.165) is 33.6 Å². The molecule has 5 heteroatoms. The van der Waals surface area contributed by atoms with Gasteiger partial charge in [-0.1, -0.05) is 19.1 Å². The first-order valence-electron chi connectivity index (χ1n) is 6.69. The van der Waals surface area contributed by atoms with E-state index in [9.17, 15) is 0 Å². The molecule has 0 aliphatic heterocycles. The van der Waals surface area contributed by atoms with Gasteiger partial charge in [0.25, 0.3) is 0 Å². The van der Waals surface area contributed by atoms with Crippen LogP contribution >= 0.6 is 15.9 Å². The van der Waals surface area contributed by atoms with E-state index < -0.39 is 0 Å². The fraction of sp³-hybridized carbons (Fsp3) is 0.400. The summed E-state index contributed by atoms with van der Waals surface area (Å²) < 4.78 is 8.64. The van der Waals surface area contributed by atoms with E-state index in [4.69, 9.17) is 10.5 Å². The minimum absolute atomic E-state index is 0.0953. The molecule has 2 N–H and O–H groups in total. The van der Waals surface area contributed by atoms with Crippen LogP contribution in [0.15, 0.2) is 28.7 Å². The fourth-order valence-corrected chi connectivity index (χ4v) is 2.49. The van der Waals surface area contributed by atoms with Gasteiger partial charge in [0.1, 0.15) is 12.4 Å². The van der Waals surface area contributed by atoms with Crippen molar-refractivity contribution < 1.29 is 4.74 Å². The van der Waals surface area contributed by atoms with Crippen LogP contribution in [0.4, 0.5) is 0 Å². The second-order valence-corrected chi connectivity index (χ2v) is 5.64. The van der Waals surface area contributed by atoms with Gasteiger partial charge in [0.05, 0.1) is 15.9 Å². The molecule has 20 heavy (non-hydrogen) atoms. The van der Waals surface area contributed by atoms with Crippen LogP contribution in [-0.4, -0.2) is 9.78 Å². The Bertz CT molecular complexity index is 578. The van der Waals surface area contributed by atoms with Crippen molar-refractivity contribution in [1.29, 1.82) is 0 Å². The van der Waals surface area contributed by atoms with E-state index >= 15 is 0 Å². The average Bonchev–Trinajstić information content (AvgIpc) is 2.70. The summed E-state index contributed by atoms with van der Waals surface area (Å²) in [5.74, 6) is 0.836. The third kappa shape index (κ3) is 3.22. The van der Waals surface area contributed by atoms with Crippen LogP contribution in [0.25, 0.3) is 0 Å². The molecule has 0 saturated heterocycles. The molecule has 0 aliphatic rings. The summed E-state index contributed by atoms with van der Waals surface area (Å²) in [5, 5.41) is 4.34. The van der Waals surface area contributed by atoms with Crippen molar-refractivity contribution in [3.8, 4) is 5.75 Å². The van der Waals surface area contributed by atoms with Gasteiger partial charge < -0.3 is 10.5 Å². The van der Waals surface area contributed by atoms with Crippen molar-refractivity contribution in [3.05, 3.63) is 45.7 Å². The van der Waals surface area contributed by atoms with Gasteiger partial charge in [-0.05, 0) is 47.0 Å². The van der Waals surface area contributed by atoms with Crippen molar-refractivity contribution >= 4 is 15.9 Å². The summed E-state index contributed by atoms with van der Waals surface area (Å²) in [7, 11) is 1.92. The highest BCUT2D eigenvalue weighted by molar-refractivity contribution is 9.10. The van der Waals surface area contributed by atoms with Gasteiger partial charge in [-0.25, -0.2) is 0 Å². The first-order chi connectivity index (χ1) is 9.52. The standard InChI is InChI=1S/C15H20BrN3O/c1-4-13(17)11-5-7-12(8-6-11)20-9-14-15(16)10(2)18-19(14)3/h5-8,13H,4,9,17H2,1-3H3/t13-/m1/s1. The quantitative estimate of drug-likeness (QED) is 0.908. The Morgan fingerprint density at radius 2 is 2.00 bits per heavy atom. The molecule has 0 bridgehead atoms. The largest absolute Gasteiger partial charge is 0.487 e. The normalized spacial score (nSPS) is 12.4. The summed E-state index contributed by atoms with van der Waals surface area (Å²) in [6.45, 7) is 4.53. The molecule has 0 fully saturated rings. The van der Waals surface area contributed by atoms with E-state index in [1.807, 2.05) is 42.9 Å². The molecule has 0 unspecified atom stereocenters. The predicted molar refractivity (Wildman–Crippen MR) is 83.6 cm³/mol. The number of benzene rings is 1. The van der Waals surface area contributed by atoms with Crippen LogP contribution < -0.4 is 10.5 Å². The van der Waals surface area contributed by atoms with E-state index in [1.165, 1.54) is 0 Å². The third-order valence-electron chi connectivity index (χ3n) is 3.39. The number of hydrogen-bond acceptors (Lipinski definition) is 3. The van der Waals surface area contributed by atoms with Crippen LogP contribution in [0, 0.1) is 6.92 Å². The minimum Gasteiger partial charge on any atom is -0.487 e. The smallest absolute Gasteiger partial charge is 0.131 e. The average molecular weight is 338 g/mol. The summed E-state index contributed by atoms with van der Waals surface area (Å²) in [4.78, 5) is 0. The summed E-state index contributed by atoms with van der Waals surface area (Å²) >= 11 is 3.53. The summed E-state index contributed by atoms with van der Waals surface area (Å²) in [5.41, 5.74) is 9.12. The number of nitrogens with zero attached hydrogens (tertiary/aromatic N) is 2. The van der Waals surface area contributed by atoms with E-state index in [1.54, 1.807) is 0 Å². The maximum Gasteiger partial charge on any atom is 0.131 e. The van der Waals surface area contributed by atoms with Crippen LogP contribution in [0.2, 0.25) is 0 Å². The molecule has 1 aromatic heterocycles. The Hall–Kier alpha value is -1.33. The molecule has 1 aromatic carbocycles. The molecule has 4 nitrogen and oxygen atoms in total. The number of hydrogen-bond donors (Lipinski definition) is 1. The highest BCUT2D eigenvalue weighted by atomic mass is 79.9. The predicted octanol–water partition coefficient (Wildman–Crippen LogP) is 3.48. The van der Waals surface area contributed by atoms with Crippen LogP contribution in [0.1, 0.15) is 36.3 Å². The topological polar surface area (TPSA) is 53.1 Å². The van der Waals surface area contributed by atoms with E-state index in [0.29, 0.717) is 6.61 Å². The Kier molecular flexibility index (Phi) is 4.83. The number of aromatic nitrogens is 2. The van der Waals surface area contributed by atoms with Crippen molar-refractivity contribution in [3.63, 3.8) is 0 Å². The number of aryl methyl sites for hydroxylation is 2. The Morgan fingerprint density at radius 3 is 2.50 bits per heavy atom. The lowest BCUT2D eigenvalue weighted by atomic mass is 10.1. The highest BCUT2D eigenvalue weighted by Crippen LogP contribution is 2.23. The second-order valence-electron chi connectivity index (χ2n) is 4.84. The van der Waals surface area contributed by atoms with Gasteiger partial charge in [0.15, 0.2) is 0 Å². The molecule has 0 amide bonds. The van der Waals surface area contributed by atoms with Gasteiger partial charge >= 0.3 is 0 Å². The van der Waals surface area contributed by atoms with Gasteiger partial charge in [-0.2, -0.15) is 5.10 Å². The molecule has 2 aromatic rings. The lowest BCUT2D eigenvalue weighted by Crippen LogP contribution is -2.08. The molecule has 0 spiro atoms. The zero-order valence-electron chi connectivity index (χ0n) is 12.1. The van der Waals surface area contributed by atoms with Crippen LogP contribution in [0.5, 0.6) is 5.75 Å². The van der Waals surface area contributed by atoms with Gasteiger partial charge in [0, 0.05) is 13.1 Å². The van der Waals surface area contributed by atoms with Crippen molar-refractivity contribution in [1.82, 2.24) is 9.78 Å². The van der Waals surface area contributed by atoms with Crippen LogP contribution in [-0.2, 0) is 13.7 Å². The SMILES string of the molecule is CC[C@@H](N)c1ccc(OCc2c(Br)c(C)nn2C)cc1. The molecule has 0 aliphatic carbocycles. The molecule has 0 saturated carbocycles. The van der Waals surface area contributed by atoms with Crippen LogP contribution in [0.3, 0.4) is 0 Å². The summed E-state index contributed by atoms with van der Waals surface area (Å²) in [6, 6.07) is 8.06. The first kappa shape index (κ1) is 15.1.